The van der Waals surface area contributed by atoms with Crippen molar-refractivity contribution in [3.8, 4) is 5.75 Å². The van der Waals surface area contributed by atoms with Crippen molar-refractivity contribution in [1.29, 1.82) is 5.41 Å². The Morgan fingerprint density at radius 1 is 1.00 bits per heavy atom. The second kappa shape index (κ2) is 12.6. The number of amides is 2. The Labute approximate surface area is 250 Å². The molecule has 1 aliphatic heterocycles. The quantitative estimate of drug-likeness (QED) is 0.178. The molecule has 4 N–H and O–H groups in total. The average molecular weight is 600 g/mol. The molecule has 0 unspecified atom stereocenters. The average Bonchev–Trinajstić information content (AvgIpc) is 3.37. The lowest BCUT2D eigenvalue weighted by molar-refractivity contribution is -0.131. The second-order valence-corrected chi connectivity index (χ2v) is 12.3. The van der Waals surface area contributed by atoms with E-state index in [0.29, 0.717) is 23.2 Å². The summed E-state index contributed by atoms with van der Waals surface area (Å²) in [5.74, 6) is -0.417. The van der Waals surface area contributed by atoms with Gasteiger partial charge in [0.2, 0.25) is 21.8 Å². The number of nitrogen functional groups attached to an aromatic ring is 1. The Balaban J connectivity index is 1.43. The Hall–Kier alpha value is -4.74. The zero-order valence-electron chi connectivity index (χ0n) is 23.7. The fourth-order valence-corrected chi connectivity index (χ4v) is 6.79. The molecule has 4 aromatic rings. The molecule has 11 heteroatoms. The Morgan fingerprint density at radius 3 is 2.49 bits per heavy atom. The van der Waals surface area contributed by atoms with Gasteiger partial charge in [-0.1, -0.05) is 60.7 Å². The number of nitrogens with one attached hydrogen (secondary N) is 2. The van der Waals surface area contributed by atoms with Gasteiger partial charge in [-0.15, -0.1) is 0 Å². The number of nitrogens with zero attached hydrogens (tertiary/aromatic N) is 2. The van der Waals surface area contributed by atoms with E-state index in [4.69, 9.17) is 15.9 Å². The fraction of sp³-hybridized carbons (Fsp3) is 0.219. The van der Waals surface area contributed by atoms with Crippen LogP contribution in [0.4, 0.5) is 0 Å². The molecule has 0 spiro atoms. The largest absolute Gasteiger partial charge is 0.497 e. The minimum atomic E-state index is -4.28. The number of hydrogen-bond acceptors (Lipinski definition) is 6. The van der Waals surface area contributed by atoms with E-state index < -0.39 is 34.4 Å². The summed E-state index contributed by atoms with van der Waals surface area (Å²) in [7, 11) is -2.75. The third-order valence-electron chi connectivity index (χ3n) is 7.49. The first-order valence-corrected chi connectivity index (χ1v) is 15.2. The monoisotopic (exact) mass is 599 g/mol. The molecule has 4 aromatic carbocycles. The molecule has 1 fully saturated rings. The highest BCUT2D eigenvalue weighted by Crippen LogP contribution is 2.29. The van der Waals surface area contributed by atoms with E-state index in [1.54, 1.807) is 41.3 Å². The van der Waals surface area contributed by atoms with Crippen LogP contribution < -0.4 is 15.8 Å². The predicted molar refractivity (Wildman–Crippen MR) is 164 cm³/mol. The number of fused-ring (bicyclic) bond motifs is 1. The first-order chi connectivity index (χ1) is 20.7. The fourth-order valence-electron chi connectivity index (χ4n) is 5.19. The molecule has 1 aliphatic rings. The molecule has 0 bridgehead atoms. The van der Waals surface area contributed by atoms with Gasteiger partial charge in [-0.2, -0.15) is 4.31 Å². The molecule has 10 nitrogen and oxygen atoms in total. The van der Waals surface area contributed by atoms with Gasteiger partial charge in [0, 0.05) is 25.2 Å². The van der Waals surface area contributed by atoms with Gasteiger partial charge in [0.05, 0.1) is 18.6 Å². The number of likely N-dealkylation sites (tertiary alicyclic amines) is 1. The molecule has 2 amide bonds. The zero-order valence-corrected chi connectivity index (χ0v) is 24.5. The highest BCUT2D eigenvalue weighted by atomic mass is 32.2. The van der Waals surface area contributed by atoms with Crippen LogP contribution in [0.1, 0.15) is 23.1 Å². The topological polar surface area (TPSA) is 146 Å². The van der Waals surface area contributed by atoms with Gasteiger partial charge in [-0.3, -0.25) is 15.0 Å². The minimum Gasteiger partial charge on any atom is -0.497 e. The van der Waals surface area contributed by atoms with Crippen LogP contribution in [0.25, 0.3) is 10.8 Å². The molecule has 1 saturated heterocycles. The first kappa shape index (κ1) is 29.7. The highest BCUT2D eigenvalue weighted by Gasteiger charge is 2.43. The summed E-state index contributed by atoms with van der Waals surface area (Å²) in [6.07, 6.45) is 0.220. The van der Waals surface area contributed by atoms with E-state index in [1.807, 2.05) is 42.5 Å². The standard InChI is InChI=1S/C32H33N5O5S/c1-42-27-12-10-24-11-13-28(18-26(24)17-27)43(40,41)37(21-30(38)35-19-22-6-3-2-4-7-22)29-14-15-36(32(29)39)20-23-8-5-9-25(16-23)31(33)34/h2-13,16-18,29H,14-15,19-21H2,1H3,(H3,33,34)(H,35,38)/t29-/m0/s1. The summed E-state index contributed by atoms with van der Waals surface area (Å²) >= 11 is 0. The maximum absolute atomic E-state index is 14.2. The predicted octanol–water partition coefficient (Wildman–Crippen LogP) is 3.24. The van der Waals surface area contributed by atoms with Crippen LogP contribution >= 0.6 is 0 Å². The van der Waals surface area contributed by atoms with Crippen molar-refractivity contribution in [3.05, 3.63) is 108 Å². The van der Waals surface area contributed by atoms with E-state index >= 15 is 0 Å². The van der Waals surface area contributed by atoms with Crippen LogP contribution in [0, 0.1) is 5.41 Å². The number of rotatable bonds is 11. The van der Waals surface area contributed by atoms with Crippen LogP contribution in [-0.4, -0.2) is 61.5 Å². The van der Waals surface area contributed by atoms with Gasteiger partial charge in [0.25, 0.3) is 0 Å². The number of benzene rings is 4. The van der Waals surface area contributed by atoms with E-state index in [2.05, 4.69) is 5.32 Å². The lowest BCUT2D eigenvalue weighted by Crippen LogP contribution is -2.49. The third kappa shape index (κ3) is 6.68. The Kier molecular flexibility index (Phi) is 8.74. The Bertz CT molecular complexity index is 1780. The van der Waals surface area contributed by atoms with Gasteiger partial charge in [-0.25, -0.2) is 8.42 Å². The summed E-state index contributed by atoms with van der Waals surface area (Å²) in [4.78, 5) is 28.4. The SMILES string of the molecule is COc1ccc2ccc(S(=O)(=O)N(CC(=O)NCc3ccccc3)[C@H]3CCN(Cc4cccc(C(=N)N)c4)C3=O)cc2c1. The number of nitrogens with two attached hydrogens (primary N) is 1. The molecule has 0 aliphatic carbocycles. The van der Waals surface area contributed by atoms with Crippen molar-refractivity contribution in [2.24, 2.45) is 5.73 Å². The van der Waals surface area contributed by atoms with Crippen molar-refractivity contribution in [2.75, 3.05) is 20.2 Å². The molecule has 5 rings (SSSR count). The van der Waals surface area contributed by atoms with Crippen LogP contribution in [0.2, 0.25) is 0 Å². The van der Waals surface area contributed by atoms with Gasteiger partial charge in [0.15, 0.2) is 0 Å². The number of carbonyl (C=O) groups excluding carboxylic acids is 2. The summed E-state index contributed by atoms with van der Waals surface area (Å²) in [5, 5.41) is 12.0. The number of ether oxygens (including phenoxy) is 1. The maximum atomic E-state index is 14.2. The molecular weight excluding hydrogens is 566 g/mol. The van der Waals surface area contributed by atoms with E-state index in [-0.39, 0.29) is 30.2 Å². The van der Waals surface area contributed by atoms with E-state index in [0.717, 1.165) is 20.8 Å². The highest BCUT2D eigenvalue weighted by molar-refractivity contribution is 7.89. The van der Waals surface area contributed by atoms with Crippen LogP contribution in [0.5, 0.6) is 5.75 Å². The summed E-state index contributed by atoms with van der Waals surface area (Å²) in [5.41, 5.74) is 7.79. The Morgan fingerprint density at radius 2 is 1.74 bits per heavy atom. The van der Waals surface area contributed by atoms with Crippen molar-refractivity contribution in [1.82, 2.24) is 14.5 Å². The van der Waals surface area contributed by atoms with Crippen LogP contribution in [0.15, 0.2) is 95.9 Å². The maximum Gasteiger partial charge on any atom is 0.244 e. The molecule has 0 radical (unpaired) electrons. The molecule has 1 atom stereocenters. The normalized spacial score (nSPS) is 15.2. The third-order valence-corrected chi connectivity index (χ3v) is 9.34. The van der Waals surface area contributed by atoms with Crippen molar-refractivity contribution in [3.63, 3.8) is 0 Å². The lowest BCUT2D eigenvalue weighted by atomic mass is 10.1. The molecule has 0 aromatic heterocycles. The summed E-state index contributed by atoms with van der Waals surface area (Å²) < 4.78 is 34.7. The van der Waals surface area contributed by atoms with Gasteiger partial charge >= 0.3 is 0 Å². The molecular formula is C32H33N5O5S. The molecule has 222 valence electrons. The van der Waals surface area contributed by atoms with Gasteiger partial charge in [0.1, 0.15) is 17.6 Å². The molecule has 43 heavy (non-hydrogen) atoms. The van der Waals surface area contributed by atoms with Crippen molar-refractivity contribution < 1.29 is 22.7 Å². The number of amidine groups is 1. The molecule has 1 heterocycles. The van der Waals surface area contributed by atoms with Crippen LogP contribution in [0.3, 0.4) is 0 Å². The van der Waals surface area contributed by atoms with E-state index in [9.17, 15) is 18.0 Å². The zero-order chi connectivity index (χ0) is 30.6. The van der Waals surface area contributed by atoms with Crippen molar-refractivity contribution in [2.45, 2.75) is 30.4 Å². The number of sulfonamides is 1. The number of carbonyl (C=O) groups is 2. The minimum absolute atomic E-state index is 0.0236. The van der Waals surface area contributed by atoms with Crippen molar-refractivity contribution >= 4 is 38.4 Å². The molecule has 0 saturated carbocycles. The summed E-state index contributed by atoms with van der Waals surface area (Å²) in [6.45, 7) is 0.233. The number of hydrogen-bond donors (Lipinski definition) is 3. The smallest absolute Gasteiger partial charge is 0.244 e. The van der Waals surface area contributed by atoms with Gasteiger partial charge in [-0.05, 0) is 58.7 Å². The lowest BCUT2D eigenvalue weighted by Gasteiger charge is -2.27. The summed E-state index contributed by atoms with van der Waals surface area (Å²) in [6, 6.07) is 25.3. The van der Waals surface area contributed by atoms with Crippen LogP contribution in [-0.2, 0) is 32.7 Å². The van der Waals surface area contributed by atoms with Gasteiger partial charge < -0.3 is 20.7 Å². The number of methoxy groups -OCH3 is 1. The van der Waals surface area contributed by atoms with E-state index in [1.165, 1.54) is 19.2 Å². The first-order valence-electron chi connectivity index (χ1n) is 13.8. The second-order valence-electron chi connectivity index (χ2n) is 10.4.